The van der Waals surface area contributed by atoms with E-state index in [4.69, 9.17) is 14.3 Å². The Balaban J connectivity index is 1.43. The summed E-state index contributed by atoms with van der Waals surface area (Å²) in [6, 6.07) is 12.5. The van der Waals surface area contributed by atoms with E-state index in [2.05, 4.69) is 25.9 Å². The zero-order valence-corrected chi connectivity index (χ0v) is 22.4. The van der Waals surface area contributed by atoms with E-state index < -0.39 is 23.8 Å². The van der Waals surface area contributed by atoms with Crippen molar-refractivity contribution < 1.29 is 33.4 Å². The van der Waals surface area contributed by atoms with Gasteiger partial charge in [-0.05, 0) is 50.6 Å². The first-order valence-corrected chi connectivity index (χ1v) is 12.8. The zero-order valence-electron chi connectivity index (χ0n) is 22.4. The van der Waals surface area contributed by atoms with Gasteiger partial charge in [0.2, 0.25) is 5.91 Å². The van der Waals surface area contributed by atoms with E-state index in [0.29, 0.717) is 35.1 Å². The summed E-state index contributed by atoms with van der Waals surface area (Å²) in [6.45, 7) is 3.86. The third-order valence-corrected chi connectivity index (χ3v) is 5.97. The van der Waals surface area contributed by atoms with Crippen LogP contribution in [0.4, 0.5) is 5.69 Å². The Morgan fingerprint density at radius 1 is 1.07 bits per heavy atom. The SMILES string of the molecule is CCNC(=O)C(CCC(=O)O)NC(=O)c1c[nH]c(-c2cc(Oc3cccc(NC(=O)c4occc4C)c3)ccn2)c1. The minimum absolute atomic E-state index is 0.0432. The molecule has 4 rings (SSSR count). The number of likely N-dealkylation sites (N-methyl/N-ethyl adjacent to an activating group) is 1. The van der Waals surface area contributed by atoms with E-state index in [9.17, 15) is 19.2 Å². The molecule has 0 fully saturated rings. The number of aliphatic carboxylic acids is 1. The van der Waals surface area contributed by atoms with Crippen molar-refractivity contribution >= 4 is 29.4 Å². The fraction of sp³-hybridized carbons (Fsp3) is 0.207. The van der Waals surface area contributed by atoms with Crippen LogP contribution in [0.2, 0.25) is 0 Å². The van der Waals surface area contributed by atoms with Gasteiger partial charge in [0.15, 0.2) is 5.76 Å². The molecule has 0 bridgehead atoms. The maximum Gasteiger partial charge on any atom is 0.303 e. The number of rotatable bonds is 12. The number of pyridine rings is 1. The average Bonchev–Trinajstić information content (AvgIpc) is 3.61. The summed E-state index contributed by atoms with van der Waals surface area (Å²) >= 11 is 0. The highest BCUT2D eigenvalue weighted by atomic mass is 16.5. The van der Waals surface area contributed by atoms with Gasteiger partial charge >= 0.3 is 5.97 Å². The third-order valence-electron chi connectivity index (χ3n) is 5.97. The summed E-state index contributed by atoms with van der Waals surface area (Å²) in [5.41, 5.74) is 2.50. The molecule has 12 nitrogen and oxygen atoms in total. The fourth-order valence-corrected chi connectivity index (χ4v) is 3.94. The van der Waals surface area contributed by atoms with Crippen LogP contribution in [-0.2, 0) is 9.59 Å². The molecule has 3 amide bonds. The normalized spacial score (nSPS) is 11.4. The fourth-order valence-electron chi connectivity index (χ4n) is 3.94. The largest absolute Gasteiger partial charge is 0.481 e. The third kappa shape index (κ3) is 7.60. The number of carbonyl (C=O) groups excluding carboxylic acids is 3. The van der Waals surface area contributed by atoms with Crippen molar-refractivity contribution in [2.45, 2.75) is 32.7 Å². The Bertz CT molecular complexity index is 1560. The minimum Gasteiger partial charge on any atom is -0.481 e. The van der Waals surface area contributed by atoms with E-state index in [1.165, 1.54) is 12.5 Å². The van der Waals surface area contributed by atoms with Crippen LogP contribution in [0.3, 0.4) is 0 Å². The molecule has 0 saturated heterocycles. The summed E-state index contributed by atoms with van der Waals surface area (Å²) < 4.78 is 11.2. The topological polar surface area (TPSA) is 176 Å². The van der Waals surface area contributed by atoms with Gasteiger partial charge in [-0.25, -0.2) is 0 Å². The first kappa shape index (κ1) is 28.6. The molecule has 1 atom stereocenters. The molecular formula is C29H29N5O7. The Labute approximate surface area is 235 Å². The lowest BCUT2D eigenvalue weighted by Gasteiger charge is -2.16. The van der Waals surface area contributed by atoms with Crippen LogP contribution in [0.15, 0.2) is 71.6 Å². The lowest BCUT2D eigenvalue weighted by Crippen LogP contribution is -2.46. The first-order valence-electron chi connectivity index (χ1n) is 12.8. The van der Waals surface area contributed by atoms with Gasteiger partial charge in [0, 0.05) is 48.7 Å². The van der Waals surface area contributed by atoms with Crippen LogP contribution in [0.1, 0.15) is 46.2 Å². The molecule has 3 aromatic heterocycles. The van der Waals surface area contributed by atoms with Crippen molar-refractivity contribution in [3.05, 3.63) is 84.1 Å². The number of hydrogen-bond donors (Lipinski definition) is 5. The number of nitrogens with one attached hydrogen (secondary N) is 4. The number of anilines is 1. The summed E-state index contributed by atoms with van der Waals surface area (Å²) in [5, 5.41) is 17.0. The minimum atomic E-state index is -1.06. The summed E-state index contributed by atoms with van der Waals surface area (Å²) in [5.74, 6) is -1.26. The van der Waals surface area contributed by atoms with Crippen LogP contribution >= 0.6 is 0 Å². The van der Waals surface area contributed by atoms with E-state index in [1.807, 2.05) is 0 Å². The van der Waals surface area contributed by atoms with Crippen molar-refractivity contribution in [1.29, 1.82) is 0 Å². The van der Waals surface area contributed by atoms with Gasteiger partial charge in [-0.3, -0.25) is 24.2 Å². The molecule has 0 aliphatic rings. The second-order valence-corrected chi connectivity index (χ2v) is 9.05. The van der Waals surface area contributed by atoms with Gasteiger partial charge in [-0.15, -0.1) is 0 Å². The van der Waals surface area contributed by atoms with Crippen molar-refractivity contribution in [3.8, 4) is 22.9 Å². The first-order chi connectivity index (χ1) is 19.7. The quantitative estimate of drug-likeness (QED) is 0.172. The summed E-state index contributed by atoms with van der Waals surface area (Å²) in [7, 11) is 0. The van der Waals surface area contributed by atoms with Gasteiger partial charge in [0.05, 0.1) is 23.2 Å². The molecule has 212 valence electrons. The lowest BCUT2D eigenvalue weighted by molar-refractivity contribution is -0.137. The van der Waals surface area contributed by atoms with E-state index in [0.717, 1.165) is 5.56 Å². The molecule has 12 heteroatoms. The zero-order chi connectivity index (χ0) is 29.4. The van der Waals surface area contributed by atoms with E-state index in [1.54, 1.807) is 68.6 Å². The second kappa shape index (κ2) is 13.1. The molecule has 0 aliphatic heterocycles. The smallest absolute Gasteiger partial charge is 0.303 e. The number of ether oxygens (including phenoxy) is 1. The van der Waals surface area contributed by atoms with Crippen molar-refractivity contribution in [2.24, 2.45) is 0 Å². The molecule has 3 heterocycles. The lowest BCUT2D eigenvalue weighted by atomic mass is 10.1. The van der Waals surface area contributed by atoms with Crippen LogP contribution in [0, 0.1) is 6.92 Å². The number of carbonyl (C=O) groups is 4. The van der Waals surface area contributed by atoms with Crippen molar-refractivity contribution in [3.63, 3.8) is 0 Å². The number of benzene rings is 1. The number of nitrogens with zero attached hydrogens (tertiary/aromatic N) is 1. The van der Waals surface area contributed by atoms with Gasteiger partial charge in [0.1, 0.15) is 17.5 Å². The van der Waals surface area contributed by atoms with Gasteiger partial charge in [0.25, 0.3) is 11.8 Å². The standard InChI is InChI=1S/C29H29N5O7/c1-3-30-28(38)22(7-8-25(35)36)34-27(37)18-13-23(32-16-18)24-15-21(9-11-31-24)41-20-6-4-5-19(14-20)33-29(39)26-17(2)10-12-40-26/h4-6,9-16,22,32H,3,7-8H2,1-2H3,(H,30,38)(H,33,39)(H,34,37)(H,35,36). The molecule has 0 aliphatic carbocycles. The second-order valence-electron chi connectivity index (χ2n) is 9.05. The predicted molar refractivity (Wildman–Crippen MR) is 149 cm³/mol. The Kier molecular flexibility index (Phi) is 9.15. The molecule has 1 aromatic carbocycles. The maximum absolute atomic E-state index is 12.8. The van der Waals surface area contributed by atoms with Crippen molar-refractivity contribution in [1.82, 2.24) is 20.6 Å². The Hall–Kier alpha value is -5.39. The van der Waals surface area contributed by atoms with Gasteiger partial charge in [-0.2, -0.15) is 0 Å². The Morgan fingerprint density at radius 3 is 2.61 bits per heavy atom. The number of hydrogen-bond acceptors (Lipinski definition) is 7. The van der Waals surface area contributed by atoms with Gasteiger partial charge in [-0.1, -0.05) is 6.07 Å². The summed E-state index contributed by atoms with van der Waals surface area (Å²) in [4.78, 5) is 55.9. The highest BCUT2D eigenvalue weighted by molar-refractivity contribution is 6.03. The van der Waals surface area contributed by atoms with Gasteiger partial charge < -0.3 is 35.2 Å². The number of H-pyrrole nitrogens is 1. The molecular weight excluding hydrogens is 530 g/mol. The predicted octanol–water partition coefficient (Wildman–Crippen LogP) is 4.12. The van der Waals surface area contributed by atoms with E-state index >= 15 is 0 Å². The molecule has 4 aromatic rings. The monoisotopic (exact) mass is 559 g/mol. The maximum atomic E-state index is 12.8. The van der Waals surface area contributed by atoms with Crippen LogP contribution < -0.4 is 20.7 Å². The number of aryl methyl sites for hydroxylation is 1. The molecule has 1 unspecified atom stereocenters. The number of aromatic nitrogens is 2. The van der Waals surface area contributed by atoms with Crippen LogP contribution in [0.25, 0.3) is 11.4 Å². The summed E-state index contributed by atoms with van der Waals surface area (Å²) in [6.07, 6.45) is 4.16. The molecule has 0 saturated carbocycles. The number of aromatic amines is 1. The number of furan rings is 1. The Morgan fingerprint density at radius 2 is 1.88 bits per heavy atom. The average molecular weight is 560 g/mol. The number of amides is 3. The highest BCUT2D eigenvalue weighted by Gasteiger charge is 2.22. The van der Waals surface area contributed by atoms with E-state index in [-0.39, 0.29) is 30.1 Å². The molecule has 0 spiro atoms. The molecule has 41 heavy (non-hydrogen) atoms. The number of carboxylic acids is 1. The van der Waals surface area contributed by atoms with Crippen LogP contribution in [-0.4, -0.2) is 51.4 Å². The van der Waals surface area contributed by atoms with Crippen LogP contribution in [0.5, 0.6) is 11.5 Å². The molecule has 5 N–H and O–H groups in total. The number of carboxylic acid groups (broad SMARTS) is 1. The molecule has 0 radical (unpaired) electrons. The van der Waals surface area contributed by atoms with Crippen molar-refractivity contribution in [2.75, 3.05) is 11.9 Å². The highest BCUT2D eigenvalue weighted by Crippen LogP contribution is 2.27.